The quantitative estimate of drug-likeness (QED) is 0.636. The number of alkyl halides is 3. The fourth-order valence-electron chi connectivity index (χ4n) is 4.76. The first kappa shape index (κ1) is 19.4. The van der Waals surface area contributed by atoms with Crippen LogP contribution in [0.5, 0.6) is 0 Å². The fraction of sp³-hybridized carbons (Fsp3) is 0.450. The SMILES string of the molecule is CC[C@]1(c2cccc(Br)c2)C2=C(C[C@@H](C)CC2=O)NC2N=NC(C(F)(F)F)=C21. The van der Waals surface area contributed by atoms with E-state index in [9.17, 15) is 18.0 Å². The van der Waals surface area contributed by atoms with E-state index in [-0.39, 0.29) is 17.3 Å². The van der Waals surface area contributed by atoms with Crippen LogP contribution in [0.2, 0.25) is 0 Å². The predicted molar refractivity (Wildman–Crippen MR) is 101 cm³/mol. The monoisotopic (exact) mass is 453 g/mol. The van der Waals surface area contributed by atoms with Crippen LogP contribution in [0, 0.1) is 5.92 Å². The maximum atomic E-state index is 13.8. The van der Waals surface area contributed by atoms with Gasteiger partial charge in [0.15, 0.2) is 17.6 Å². The van der Waals surface area contributed by atoms with Gasteiger partial charge in [0.25, 0.3) is 0 Å². The van der Waals surface area contributed by atoms with Crippen LogP contribution in [0.4, 0.5) is 13.2 Å². The van der Waals surface area contributed by atoms with Gasteiger partial charge in [-0.15, -0.1) is 5.11 Å². The second kappa shape index (κ2) is 6.54. The van der Waals surface area contributed by atoms with Crippen molar-refractivity contribution in [1.29, 1.82) is 0 Å². The van der Waals surface area contributed by atoms with Crippen LogP contribution in [0.15, 0.2) is 61.5 Å². The Hall–Kier alpha value is -1.96. The molecule has 2 aliphatic heterocycles. The summed E-state index contributed by atoms with van der Waals surface area (Å²) in [6, 6.07) is 7.17. The summed E-state index contributed by atoms with van der Waals surface area (Å²) in [6.07, 6.45) is -4.32. The van der Waals surface area contributed by atoms with E-state index >= 15 is 0 Å². The average Bonchev–Trinajstić information content (AvgIpc) is 3.04. The van der Waals surface area contributed by atoms with Crippen molar-refractivity contribution < 1.29 is 18.0 Å². The molecule has 0 bridgehead atoms. The number of benzene rings is 1. The third-order valence-electron chi connectivity index (χ3n) is 5.78. The van der Waals surface area contributed by atoms with Crippen LogP contribution in [-0.4, -0.2) is 18.1 Å². The zero-order chi connectivity index (χ0) is 20.3. The molecule has 3 aliphatic rings. The molecule has 0 saturated heterocycles. The van der Waals surface area contributed by atoms with Gasteiger partial charge in [0.2, 0.25) is 0 Å². The minimum atomic E-state index is -4.65. The first-order valence-electron chi connectivity index (χ1n) is 9.20. The lowest BCUT2D eigenvalue weighted by molar-refractivity contribution is -0.118. The van der Waals surface area contributed by atoms with E-state index in [0.717, 1.165) is 4.47 Å². The molecule has 8 heteroatoms. The molecule has 0 saturated carbocycles. The number of carbonyl (C=O) groups is 1. The number of Topliss-reactive ketones (excluding diaryl/α,β-unsaturated/α-hetero) is 1. The van der Waals surface area contributed by atoms with Gasteiger partial charge >= 0.3 is 6.18 Å². The smallest absolute Gasteiger partial charge is 0.362 e. The zero-order valence-electron chi connectivity index (χ0n) is 15.4. The molecule has 0 spiro atoms. The van der Waals surface area contributed by atoms with Crippen LogP contribution in [0.1, 0.15) is 38.7 Å². The number of halogens is 4. The Kier molecular flexibility index (Phi) is 4.52. The first-order valence-corrected chi connectivity index (χ1v) is 10.00. The zero-order valence-corrected chi connectivity index (χ0v) is 17.0. The molecule has 1 unspecified atom stereocenters. The van der Waals surface area contributed by atoms with Crippen molar-refractivity contribution in [2.45, 2.75) is 50.9 Å². The second-order valence-corrected chi connectivity index (χ2v) is 8.50. The van der Waals surface area contributed by atoms with Crippen LogP contribution in [0.3, 0.4) is 0 Å². The molecule has 0 aromatic heterocycles. The molecule has 4 nitrogen and oxygen atoms in total. The van der Waals surface area contributed by atoms with Crippen LogP contribution >= 0.6 is 15.9 Å². The van der Waals surface area contributed by atoms with E-state index < -0.39 is 23.5 Å². The molecule has 1 aliphatic carbocycles. The van der Waals surface area contributed by atoms with Gasteiger partial charge in [-0.25, -0.2) is 0 Å². The second-order valence-electron chi connectivity index (χ2n) is 7.58. The molecule has 4 rings (SSSR count). The highest BCUT2D eigenvalue weighted by Crippen LogP contribution is 2.55. The highest BCUT2D eigenvalue weighted by atomic mass is 79.9. The third-order valence-corrected chi connectivity index (χ3v) is 6.28. The van der Waals surface area contributed by atoms with Crippen LogP contribution < -0.4 is 5.32 Å². The molecule has 3 atom stereocenters. The molecular formula is C20H19BrF3N3O. The summed E-state index contributed by atoms with van der Waals surface area (Å²) in [4.78, 5) is 13.1. The van der Waals surface area contributed by atoms with Crippen molar-refractivity contribution in [1.82, 2.24) is 5.32 Å². The molecule has 1 aromatic rings. The molecule has 2 heterocycles. The van der Waals surface area contributed by atoms with Crippen LogP contribution in [-0.2, 0) is 10.2 Å². The van der Waals surface area contributed by atoms with Crippen molar-refractivity contribution in [3.05, 3.63) is 56.8 Å². The van der Waals surface area contributed by atoms with Crippen molar-refractivity contribution in [3.8, 4) is 0 Å². The highest BCUT2D eigenvalue weighted by Gasteiger charge is 2.56. The Bertz CT molecular complexity index is 950. The Morgan fingerprint density at radius 2 is 2.07 bits per heavy atom. The summed E-state index contributed by atoms with van der Waals surface area (Å²) in [7, 11) is 0. The van der Waals surface area contributed by atoms with Gasteiger partial charge in [0.1, 0.15) is 0 Å². The summed E-state index contributed by atoms with van der Waals surface area (Å²) in [5.74, 6) is 0.0178. The molecule has 1 N–H and O–H groups in total. The summed E-state index contributed by atoms with van der Waals surface area (Å²) < 4.78 is 42.3. The molecular weight excluding hydrogens is 435 g/mol. The van der Waals surface area contributed by atoms with Gasteiger partial charge in [-0.1, -0.05) is 41.9 Å². The van der Waals surface area contributed by atoms with Crippen molar-refractivity contribution in [2.24, 2.45) is 16.1 Å². The summed E-state index contributed by atoms with van der Waals surface area (Å²) in [5.41, 5.74) is -0.392. The van der Waals surface area contributed by atoms with Gasteiger partial charge in [-0.05, 0) is 36.5 Å². The number of fused-ring (bicyclic) bond motifs is 1. The van der Waals surface area contributed by atoms with E-state index in [0.29, 0.717) is 36.1 Å². The molecule has 28 heavy (non-hydrogen) atoms. The van der Waals surface area contributed by atoms with Gasteiger partial charge in [0, 0.05) is 27.7 Å². The highest BCUT2D eigenvalue weighted by molar-refractivity contribution is 9.10. The lowest BCUT2D eigenvalue weighted by Gasteiger charge is -2.46. The Labute approximate surface area is 169 Å². The fourth-order valence-corrected chi connectivity index (χ4v) is 5.16. The topological polar surface area (TPSA) is 53.8 Å². The first-order chi connectivity index (χ1) is 13.2. The number of ketones is 1. The molecule has 0 radical (unpaired) electrons. The summed E-state index contributed by atoms with van der Waals surface area (Å²) >= 11 is 3.42. The number of nitrogens with one attached hydrogen (secondary N) is 1. The van der Waals surface area contributed by atoms with Gasteiger partial charge in [0.05, 0.1) is 5.41 Å². The number of rotatable bonds is 2. The minimum Gasteiger partial charge on any atom is -0.362 e. The summed E-state index contributed by atoms with van der Waals surface area (Å²) in [6.45, 7) is 3.79. The molecule has 0 fully saturated rings. The molecule has 148 valence electrons. The Morgan fingerprint density at radius 1 is 1.32 bits per heavy atom. The van der Waals surface area contributed by atoms with E-state index in [1.54, 1.807) is 18.2 Å². The maximum Gasteiger partial charge on any atom is 0.435 e. The van der Waals surface area contributed by atoms with E-state index in [1.165, 1.54) is 0 Å². The maximum absolute atomic E-state index is 13.8. The van der Waals surface area contributed by atoms with Gasteiger partial charge < -0.3 is 5.32 Å². The van der Waals surface area contributed by atoms with Crippen molar-refractivity contribution in [3.63, 3.8) is 0 Å². The molecule has 1 aromatic carbocycles. The number of allylic oxidation sites excluding steroid dienone is 3. The third kappa shape index (κ3) is 2.76. The lowest BCUT2D eigenvalue weighted by Crippen LogP contribution is -2.51. The van der Waals surface area contributed by atoms with Crippen molar-refractivity contribution in [2.75, 3.05) is 0 Å². The number of nitrogens with zero attached hydrogens (tertiary/aromatic N) is 2. The largest absolute Gasteiger partial charge is 0.435 e. The van der Waals surface area contributed by atoms with E-state index in [1.807, 2.05) is 19.9 Å². The van der Waals surface area contributed by atoms with E-state index in [2.05, 4.69) is 31.5 Å². The predicted octanol–water partition coefficient (Wildman–Crippen LogP) is 5.56. The number of hydrogen-bond donors (Lipinski definition) is 1. The molecule has 0 amide bonds. The summed E-state index contributed by atoms with van der Waals surface area (Å²) in [5, 5.41) is 10.5. The average molecular weight is 454 g/mol. The number of carbonyl (C=O) groups excluding carboxylic acids is 1. The Morgan fingerprint density at radius 3 is 2.71 bits per heavy atom. The van der Waals surface area contributed by atoms with E-state index in [4.69, 9.17) is 0 Å². The van der Waals surface area contributed by atoms with Gasteiger partial charge in [-0.3, -0.25) is 4.79 Å². The van der Waals surface area contributed by atoms with Crippen LogP contribution in [0.25, 0.3) is 0 Å². The standard InChI is InChI=1S/C20H19BrF3N3O/c1-3-19(11-5-4-6-12(21)9-11)15-13(7-10(2)8-14(15)28)25-18-16(19)17(26-27-18)20(22,23)24/h4-6,9-10,18,25H,3,7-8H2,1-2H3/t10-,18?,19+/m1/s1. The lowest BCUT2D eigenvalue weighted by atomic mass is 9.60. The minimum absolute atomic E-state index is 0.0299. The normalized spacial score (nSPS) is 29.7. The number of hydrogen-bond acceptors (Lipinski definition) is 4. The van der Waals surface area contributed by atoms with Crippen molar-refractivity contribution >= 4 is 21.7 Å². The Balaban J connectivity index is 2.09. The number of azo groups is 1. The van der Waals surface area contributed by atoms with Gasteiger partial charge in [-0.2, -0.15) is 18.3 Å².